The van der Waals surface area contributed by atoms with Gasteiger partial charge in [0.05, 0.1) is 5.56 Å². The normalized spacial score (nSPS) is 24.7. The van der Waals surface area contributed by atoms with Gasteiger partial charge in [0.25, 0.3) is 0 Å². The van der Waals surface area contributed by atoms with Crippen LogP contribution in [0, 0.1) is 0 Å². The van der Waals surface area contributed by atoms with Crippen LogP contribution in [-0.4, -0.2) is 11.1 Å². The summed E-state index contributed by atoms with van der Waals surface area (Å²) in [4.78, 5) is 10.7. The van der Waals surface area contributed by atoms with Crippen LogP contribution in [0.5, 0.6) is 0 Å². The maximum Gasteiger partial charge on any atom is 0.335 e. The third-order valence-electron chi connectivity index (χ3n) is 2.78. The molecule has 74 valence electrons. The zero-order valence-electron chi connectivity index (χ0n) is 7.88. The highest BCUT2D eigenvalue weighted by molar-refractivity contribution is 5.88. The molecule has 1 N–H and O–H groups in total. The molecule has 1 aromatic rings. The molecule has 1 aliphatic carbocycles. The minimum atomic E-state index is -1.36. The highest BCUT2D eigenvalue weighted by atomic mass is 19.1. The molecule has 0 saturated carbocycles. The van der Waals surface area contributed by atoms with Crippen molar-refractivity contribution in [1.29, 1.82) is 0 Å². The van der Waals surface area contributed by atoms with Gasteiger partial charge >= 0.3 is 5.97 Å². The topological polar surface area (TPSA) is 37.3 Å². The van der Waals surface area contributed by atoms with Gasteiger partial charge in [0.15, 0.2) is 0 Å². The molecule has 2 rings (SSSR count). The Labute approximate surface area is 81.4 Å². The van der Waals surface area contributed by atoms with Crippen molar-refractivity contribution in [3.8, 4) is 0 Å². The summed E-state index contributed by atoms with van der Waals surface area (Å²) < 4.78 is 13.9. The summed E-state index contributed by atoms with van der Waals surface area (Å²) in [5.41, 5.74) is 0.271. The first kappa shape index (κ1) is 9.19. The largest absolute Gasteiger partial charge is 0.478 e. The second-order valence-electron chi connectivity index (χ2n) is 3.87. The number of carboxylic acids is 1. The summed E-state index contributed by atoms with van der Waals surface area (Å²) >= 11 is 0. The molecule has 1 atom stereocenters. The Balaban J connectivity index is 2.53. The number of rotatable bonds is 1. The van der Waals surface area contributed by atoms with Crippen LogP contribution in [0.3, 0.4) is 0 Å². The number of carbonyl (C=O) groups is 1. The minimum absolute atomic E-state index is 0.162. The molecule has 1 aromatic carbocycles. The first-order valence-corrected chi connectivity index (χ1v) is 4.56. The molecule has 0 radical (unpaired) electrons. The molecule has 2 nitrogen and oxygen atoms in total. The summed E-state index contributed by atoms with van der Waals surface area (Å²) in [6, 6.07) is 4.69. The maximum atomic E-state index is 13.9. The van der Waals surface area contributed by atoms with E-state index in [-0.39, 0.29) is 5.56 Å². The number of halogens is 1. The molecule has 0 amide bonds. The lowest BCUT2D eigenvalue weighted by Gasteiger charge is -2.14. The summed E-state index contributed by atoms with van der Waals surface area (Å²) in [6.07, 6.45) is 1.15. The Bertz CT molecular complexity index is 396. The van der Waals surface area contributed by atoms with Crippen LogP contribution in [0.25, 0.3) is 0 Å². The number of fused-ring (bicyclic) bond motifs is 1. The Morgan fingerprint density at radius 2 is 2.29 bits per heavy atom. The number of carboxylic acid groups (broad SMARTS) is 1. The summed E-state index contributed by atoms with van der Waals surface area (Å²) in [7, 11) is 0. The van der Waals surface area contributed by atoms with Crippen molar-refractivity contribution >= 4 is 5.97 Å². The van der Waals surface area contributed by atoms with E-state index in [9.17, 15) is 9.18 Å². The van der Waals surface area contributed by atoms with Crippen LogP contribution >= 0.6 is 0 Å². The van der Waals surface area contributed by atoms with Gasteiger partial charge in [0, 0.05) is 0 Å². The van der Waals surface area contributed by atoms with Crippen molar-refractivity contribution in [2.45, 2.75) is 25.4 Å². The van der Waals surface area contributed by atoms with Gasteiger partial charge < -0.3 is 5.11 Å². The van der Waals surface area contributed by atoms with Crippen LogP contribution in [0.4, 0.5) is 4.39 Å². The first-order valence-electron chi connectivity index (χ1n) is 4.56. The lowest BCUT2D eigenvalue weighted by Crippen LogP contribution is -2.10. The third kappa shape index (κ3) is 1.29. The van der Waals surface area contributed by atoms with Gasteiger partial charge in [-0.2, -0.15) is 0 Å². The number of aromatic carboxylic acids is 1. The lowest BCUT2D eigenvalue weighted by molar-refractivity contribution is 0.0696. The minimum Gasteiger partial charge on any atom is -0.478 e. The van der Waals surface area contributed by atoms with Crippen molar-refractivity contribution in [2.75, 3.05) is 0 Å². The van der Waals surface area contributed by atoms with E-state index in [1.807, 2.05) is 0 Å². The Hall–Kier alpha value is -1.38. The smallest absolute Gasteiger partial charge is 0.335 e. The zero-order valence-corrected chi connectivity index (χ0v) is 7.88. The van der Waals surface area contributed by atoms with Gasteiger partial charge in [0.2, 0.25) is 0 Å². The second kappa shape index (κ2) is 2.80. The van der Waals surface area contributed by atoms with Crippen LogP contribution in [0.1, 0.15) is 34.8 Å². The Kier molecular flexibility index (Phi) is 1.84. The second-order valence-corrected chi connectivity index (χ2v) is 3.87. The summed E-state index contributed by atoms with van der Waals surface area (Å²) in [6.45, 7) is 1.50. The Morgan fingerprint density at radius 3 is 2.93 bits per heavy atom. The molecule has 1 aliphatic rings. The first-order chi connectivity index (χ1) is 6.50. The van der Waals surface area contributed by atoms with E-state index < -0.39 is 11.6 Å². The molecule has 0 aliphatic heterocycles. The van der Waals surface area contributed by atoms with Gasteiger partial charge in [0.1, 0.15) is 5.67 Å². The van der Waals surface area contributed by atoms with Crippen molar-refractivity contribution in [1.82, 2.24) is 0 Å². The van der Waals surface area contributed by atoms with E-state index in [1.165, 1.54) is 19.1 Å². The zero-order chi connectivity index (χ0) is 10.3. The molecule has 0 fully saturated rings. The summed E-state index contributed by atoms with van der Waals surface area (Å²) in [5.74, 6) is -1.00. The standard InChI is InChI=1S/C11H11FO2/c1-11(12)5-4-7-2-3-8(10(13)14)6-9(7)11/h2-3,6H,4-5H2,1H3,(H,13,14). The molecule has 1 unspecified atom stereocenters. The highest BCUT2D eigenvalue weighted by Crippen LogP contribution is 2.40. The molecule has 14 heavy (non-hydrogen) atoms. The van der Waals surface area contributed by atoms with Crippen molar-refractivity contribution < 1.29 is 14.3 Å². The monoisotopic (exact) mass is 194 g/mol. The van der Waals surface area contributed by atoms with Crippen LogP contribution < -0.4 is 0 Å². The van der Waals surface area contributed by atoms with Gasteiger partial charge in [-0.05, 0) is 43.0 Å². The number of alkyl halides is 1. The van der Waals surface area contributed by atoms with Crippen LogP contribution in [0.15, 0.2) is 18.2 Å². The predicted molar refractivity (Wildman–Crippen MR) is 50.2 cm³/mol. The highest BCUT2D eigenvalue weighted by Gasteiger charge is 2.34. The molecule has 3 heteroatoms. The van der Waals surface area contributed by atoms with E-state index in [2.05, 4.69) is 0 Å². The molecule has 0 saturated heterocycles. The molecule has 0 bridgehead atoms. The van der Waals surface area contributed by atoms with Gasteiger partial charge in [-0.3, -0.25) is 0 Å². The van der Waals surface area contributed by atoms with E-state index in [0.717, 1.165) is 5.56 Å². The van der Waals surface area contributed by atoms with Crippen molar-refractivity contribution in [2.24, 2.45) is 0 Å². The van der Waals surface area contributed by atoms with Crippen LogP contribution in [-0.2, 0) is 12.1 Å². The average molecular weight is 194 g/mol. The number of hydrogen-bond donors (Lipinski definition) is 1. The number of aryl methyl sites for hydroxylation is 1. The fourth-order valence-electron chi connectivity index (χ4n) is 1.92. The molecule has 0 heterocycles. The fourth-order valence-corrected chi connectivity index (χ4v) is 1.92. The lowest BCUT2D eigenvalue weighted by atomic mass is 9.98. The molecule has 0 aromatic heterocycles. The van der Waals surface area contributed by atoms with E-state index >= 15 is 0 Å². The molecular weight excluding hydrogens is 183 g/mol. The fraction of sp³-hybridized carbons (Fsp3) is 0.364. The van der Waals surface area contributed by atoms with E-state index in [0.29, 0.717) is 18.4 Å². The Morgan fingerprint density at radius 1 is 1.57 bits per heavy atom. The van der Waals surface area contributed by atoms with Gasteiger partial charge in [-0.15, -0.1) is 0 Å². The van der Waals surface area contributed by atoms with Crippen molar-refractivity contribution in [3.05, 3.63) is 34.9 Å². The van der Waals surface area contributed by atoms with Gasteiger partial charge in [-0.25, -0.2) is 9.18 Å². The quantitative estimate of drug-likeness (QED) is 0.745. The van der Waals surface area contributed by atoms with E-state index in [1.54, 1.807) is 6.07 Å². The summed E-state index contributed by atoms with van der Waals surface area (Å²) in [5, 5.41) is 8.76. The van der Waals surface area contributed by atoms with Crippen LogP contribution in [0.2, 0.25) is 0 Å². The molecule has 0 spiro atoms. The predicted octanol–water partition coefficient (Wildman–Crippen LogP) is 2.52. The van der Waals surface area contributed by atoms with E-state index in [4.69, 9.17) is 5.11 Å². The SMILES string of the molecule is CC1(F)CCc2ccc(C(=O)O)cc21. The maximum absolute atomic E-state index is 13.9. The van der Waals surface area contributed by atoms with Gasteiger partial charge in [-0.1, -0.05) is 6.07 Å². The average Bonchev–Trinajstić information content (AvgIpc) is 2.42. The number of hydrogen-bond acceptors (Lipinski definition) is 1. The molecular formula is C11H11FO2. The third-order valence-corrected chi connectivity index (χ3v) is 2.78. The van der Waals surface area contributed by atoms with Crippen molar-refractivity contribution in [3.63, 3.8) is 0 Å². The number of benzene rings is 1.